The van der Waals surface area contributed by atoms with Crippen molar-refractivity contribution < 1.29 is 10.2 Å². The summed E-state index contributed by atoms with van der Waals surface area (Å²) in [5.74, 6) is 0.338. The average Bonchev–Trinajstić information content (AvgIpc) is 2.56. The number of nitrogens with one attached hydrogen (secondary N) is 1. The van der Waals surface area contributed by atoms with Crippen molar-refractivity contribution in [2.24, 2.45) is 0 Å². The highest BCUT2D eigenvalue weighted by atomic mass is 35.5. The fraction of sp³-hybridized carbons (Fsp3) is 0.400. The van der Waals surface area contributed by atoms with E-state index in [4.69, 9.17) is 11.6 Å². The summed E-state index contributed by atoms with van der Waals surface area (Å²) in [5, 5.41) is 24.4. The number of hydrogen-bond donors (Lipinski definition) is 3. The Kier molecular flexibility index (Phi) is 5.77. The Morgan fingerprint density at radius 1 is 1.08 bits per heavy atom. The van der Waals surface area contributed by atoms with Gasteiger partial charge in [0.05, 0.1) is 6.10 Å². The molecule has 0 radical (unpaired) electrons. The first-order valence-electron chi connectivity index (χ1n) is 8.56. The summed E-state index contributed by atoms with van der Waals surface area (Å²) in [7, 11) is 0. The molecule has 3 atom stereocenters. The number of aliphatic hydroxyl groups excluding tert-OH is 1. The van der Waals surface area contributed by atoms with Crippen LogP contribution in [-0.4, -0.2) is 28.9 Å². The van der Waals surface area contributed by atoms with Gasteiger partial charge < -0.3 is 15.5 Å². The summed E-state index contributed by atoms with van der Waals surface area (Å²) in [6.07, 6.45) is 3.26. The molecule has 2 aromatic carbocycles. The predicted octanol–water partition coefficient (Wildman–Crippen LogP) is 3.87. The Hall–Kier alpha value is -1.55. The lowest BCUT2D eigenvalue weighted by Gasteiger charge is -2.34. The average molecular weight is 346 g/mol. The lowest BCUT2D eigenvalue weighted by atomic mass is 9.79. The number of rotatable bonds is 5. The summed E-state index contributed by atoms with van der Waals surface area (Å²) >= 11 is 6.02. The van der Waals surface area contributed by atoms with Gasteiger partial charge in [-0.25, -0.2) is 0 Å². The maximum Gasteiger partial charge on any atom is 0.115 e. The van der Waals surface area contributed by atoms with E-state index in [0.29, 0.717) is 6.04 Å². The highest BCUT2D eigenvalue weighted by Gasteiger charge is 2.30. The van der Waals surface area contributed by atoms with E-state index in [0.717, 1.165) is 42.8 Å². The molecule has 1 aliphatic carbocycles. The summed E-state index contributed by atoms with van der Waals surface area (Å²) in [6, 6.07) is 15.6. The van der Waals surface area contributed by atoms with Gasteiger partial charge in [-0.2, -0.15) is 0 Å². The largest absolute Gasteiger partial charge is 0.508 e. The van der Waals surface area contributed by atoms with Crippen molar-refractivity contribution in [1.29, 1.82) is 0 Å². The zero-order valence-electron chi connectivity index (χ0n) is 13.7. The fourth-order valence-electron chi connectivity index (χ4n) is 3.57. The van der Waals surface area contributed by atoms with E-state index in [1.54, 1.807) is 12.1 Å². The minimum Gasteiger partial charge on any atom is -0.508 e. The zero-order valence-corrected chi connectivity index (χ0v) is 14.4. The number of halogens is 1. The second-order valence-corrected chi connectivity index (χ2v) is 7.05. The Morgan fingerprint density at radius 3 is 2.71 bits per heavy atom. The molecule has 1 fully saturated rings. The maximum atomic E-state index is 10.3. The van der Waals surface area contributed by atoms with E-state index in [9.17, 15) is 10.2 Å². The highest BCUT2D eigenvalue weighted by molar-refractivity contribution is 6.30. The van der Waals surface area contributed by atoms with Gasteiger partial charge in [0.15, 0.2) is 0 Å². The molecule has 3 rings (SSSR count). The summed E-state index contributed by atoms with van der Waals surface area (Å²) in [6.45, 7) is 0.897. The third-order valence-corrected chi connectivity index (χ3v) is 5.08. The number of aromatic hydroxyl groups is 1. The van der Waals surface area contributed by atoms with Crippen molar-refractivity contribution in [3.8, 4) is 5.75 Å². The molecule has 4 heteroatoms. The number of hydrogen-bond acceptors (Lipinski definition) is 3. The lowest BCUT2D eigenvalue weighted by Crippen LogP contribution is -2.39. The third kappa shape index (κ3) is 4.50. The SMILES string of the molecule is Oc1cccc([C@H]2C[C@H](NCCc3cccc(Cl)c3)CC[C@H]2O)c1. The van der Waals surface area contributed by atoms with E-state index < -0.39 is 0 Å². The van der Waals surface area contributed by atoms with Gasteiger partial charge in [-0.05, 0) is 67.6 Å². The minimum atomic E-state index is -0.335. The molecule has 0 aromatic heterocycles. The van der Waals surface area contributed by atoms with Gasteiger partial charge in [0.1, 0.15) is 5.75 Å². The number of phenols is 1. The van der Waals surface area contributed by atoms with Gasteiger partial charge in [0.25, 0.3) is 0 Å². The van der Waals surface area contributed by atoms with E-state index in [-0.39, 0.29) is 17.8 Å². The summed E-state index contributed by atoms with van der Waals surface area (Å²) in [4.78, 5) is 0. The Bertz CT molecular complexity index is 676. The molecule has 0 heterocycles. The molecule has 1 saturated carbocycles. The van der Waals surface area contributed by atoms with Crippen LogP contribution in [0.15, 0.2) is 48.5 Å². The van der Waals surface area contributed by atoms with E-state index in [1.807, 2.05) is 30.3 Å². The molecule has 0 bridgehead atoms. The molecule has 1 aliphatic rings. The first-order valence-corrected chi connectivity index (χ1v) is 8.94. The number of aliphatic hydroxyl groups is 1. The van der Waals surface area contributed by atoms with Gasteiger partial charge in [0, 0.05) is 17.0 Å². The molecule has 0 aliphatic heterocycles. The van der Waals surface area contributed by atoms with Crippen LogP contribution in [0.5, 0.6) is 5.75 Å². The molecule has 0 saturated heterocycles. The number of phenolic OH excluding ortho intramolecular Hbond substituents is 1. The monoisotopic (exact) mass is 345 g/mol. The van der Waals surface area contributed by atoms with Crippen LogP contribution < -0.4 is 5.32 Å². The predicted molar refractivity (Wildman–Crippen MR) is 97.7 cm³/mol. The normalized spacial score (nSPS) is 24.0. The summed E-state index contributed by atoms with van der Waals surface area (Å²) < 4.78 is 0. The van der Waals surface area contributed by atoms with E-state index in [1.165, 1.54) is 5.56 Å². The van der Waals surface area contributed by atoms with Crippen molar-refractivity contribution in [3.05, 3.63) is 64.7 Å². The first-order chi connectivity index (χ1) is 11.6. The van der Waals surface area contributed by atoms with Gasteiger partial charge in [-0.15, -0.1) is 0 Å². The van der Waals surface area contributed by atoms with Crippen molar-refractivity contribution >= 4 is 11.6 Å². The quantitative estimate of drug-likeness (QED) is 0.771. The maximum absolute atomic E-state index is 10.3. The standard InChI is InChI=1S/C20H24ClNO2/c21-16-5-1-3-14(11-16)9-10-22-17-7-8-20(24)19(13-17)15-4-2-6-18(23)12-15/h1-6,11-12,17,19-20,22-24H,7-10,13H2/t17-,19-,20-/m1/s1. The zero-order chi connectivity index (χ0) is 16.9. The molecular weight excluding hydrogens is 322 g/mol. The van der Waals surface area contributed by atoms with Crippen molar-refractivity contribution in [2.45, 2.75) is 43.7 Å². The molecule has 2 aromatic rings. The second kappa shape index (κ2) is 8.02. The van der Waals surface area contributed by atoms with Crippen LogP contribution in [0.1, 0.15) is 36.3 Å². The second-order valence-electron chi connectivity index (χ2n) is 6.61. The molecule has 3 nitrogen and oxygen atoms in total. The highest BCUT2D eigenvalue weighted by Crippen LogP contribution is 2.34. The van der Waals surface area contributed by atoms with E-state index >= 15 is 0 Å². The number of benzene rings is 2. The van der Waals surface area contributed by atoms with Gasteiger partial charge in [-0.1, -0.05) is 35.9 Å². The summed E-state index contributed by atoms with van der Waals surface area (Å²) in [5.41, 5.74) is 2.25. The molecule has 128 valence electrons. The minimum absolute atomic E-state index is 0.0783. The Morgan fingerprint density at radius 2 is 1.92 bits per heavy atom. The molecule has 24 heavy (non-hydrogen) atoms. The van der Waals surface area contributed by atoms with Crippen LogP contribution in [0.4, 0.5) is 0 Å². The van der Waals surface area contributed by atoms with Crippen LogP contribution in [0.3, 0.4) is 0 Å². The fourth-order valence-corrected chi connectivity index (χ4v) is 3.78. The lowest BCUT2D eigenvalue weighted by molar-refractivity contribution is 0.0926. The van der Waals surface area contributed by atoms with Crippen LogP contribution >= 0.6 is 11.6 Å². The first kappa shape index (κ1) is 17.3. The molecule has 0 amide bonds. The van der Waals surface area contributed by atoms with Gasteiger partial charge in [-0.3, -0.25) is 0 Å². The van der Waals surface area contributed by atoms with Crippen molar-refractivity contribution in [3.63, 3.8) is 0 Å². The van der Waals surface area contributed by atoms with Gasteiger partial charge >= 0.3 is 0 Å². The molecule has 0 spiro atoms. The van der Waals surface area contributed by atoms with Crippen LogP contribution in [0.2, 0.25) is 5.02 Å². The van der Waals surface area contributed by atoms with Crippen molar-refractivity contribution in [1.82, 2.24) is 5.32 Å². The van der Waals surface area contributed by atoms with Crippen LogP contribution in [-0.2, 0) is 6.42 Å². The van der Waals surface area contributed by atoms with Crippen molar-refractivity contribution in [2.75, 3.05) is 6.54 Å². The third-order valence-electron chi connectivity index (χ3n) is 4.85. The van der Waals surface area contributed by atoms with Crippen LogP contribution in [0, 0.1) is 0 Å². The van der Waals surface area contributed by atoms with Crippen LogP contribution in [0.25, 0.3) is 0 Å². The molecule has 3 N–H and O–H groups in total. The Labute approximate surface area is 148 Å². The topological polar surface area (TPSA) is 52.5 Å². The smallest absolute Gasteiger partial charge is 0.115 e. The van der Waals surface area contributed by atoms with E-state index in [2.05, 4.69) is 11.4 Å². The molecular formula is C20H24ClNO2. The van der Waals surface area contributed by atoms with Gasteiger partial charge in [0.2, 0.25) is 0 Å². The Balaban J connectivity index is 1.55. The molecule has 0 unspecified atom stereocenters.